The van der Waals surface area contributed by atoms with E-state index < -0.39 is 0 Å². The number of aromatic nitrogens is 2. The summed E-state index contributed by atoms with van der Waals surface area (Å²) in [6.07, 6.45) is 1.69. The summed E-state index contributed by atoms with van der Waals surface area (Å²) < 4.78 is 7.28. The summed E-state index contributed by atoms with van der Waals surface area (Å²) >= 11 is 0. The molecular formula is C12H17N3O. The van der Waals surface area contributed by atoms with Crippen LogP contribution in [0.15, 0.2) is 22.8 Å². The van der Waals surface area contributed by atoms with Crippen LogP contribution < -0.4 is 5.32 Å². The van der Waals surface area contributed by atoms with Gasteiger partial charge in [-0.15, -0.1) is 0 Å². The molecule has 0 saturated heterocycles. The van der Waals surface area contributed by atoms with Crippen LogP contribution in [-0.4, -0.2) is 9.78 Å². The predicted octanol–water partition coefficient (Wildman–Crippen LogP) is 2.72. The lowest BCUT2D eigenvalue weighted by atomic mass is 10.3. The molecule has 86 valence electrons. The fraction of sp³-hybridized carbons (Fsp3) is 0.417. The van der Waals surface area contributed by atoms with Crippen LogP contribution in [0, 0.1) is 13.8 Å². The van der Waals surface area contributed by atoms with Crippen molar-refractivity contribution in [2.45, 2.75) is 33.9 Å². The van der Waals surface area contributed by atoms with E-state index in [1.165, 1.54) is 5.69 Å². The van der Waals surface area contributed by atoms with Crippen molar-refractivity contribution in [2.24, 2.45) is 0 Å². The summed E-state index contributed by atoms with van der Waals surface area (Å²) in [7, 11) is 0. The third kappa shape index (κ3) is 1.96. The Labute approximate surface area is 95.3 Å². The van der Waals surface area contributed by atoms with Gasteiger partial charge in [-0.1, -0.05) is 0 Å². The lowest BCUT2D eigenvalue weighted by Crippen LogP contribution is -2.02. The van der Waals surface area contributed by atoms with E-state index in [0.29, 0.717) is 6.54 Å². The summed E-state index contributed by atoms with van der Waals surface area (Å²) in [6.45, 7) is 7.78. The number of hydrogen-bond donors (Lipinski definition) is 1. The van der Waals surface area contributed by atoms with Gasteiger partial charge >= 0.3 is 0 Å². The zero-order valence-corrected chi connectivity index (χ0v) is 9.95. The molecular weight excluding hydrogens is 202 g/mol. The van der Waals surface area contributed by atoms with Gasteiger partial charge in [-0.3, -0.25) is 4.68 Å². The second kappa shape index (κ2) is 4.43. The van der Waals surface area contributed by atoms with Crippen LogP contribution in [0.1, 0.15) is 24.1 Å². The highest BCUT2D eigenvalue weighted by atomic mass is 16.3. The van der Waals surface area contributed by atoms with Gasteiger partial charge < -0.3 is 9.73 Å². The molecule has 16 heavy (non-hydrogen) atoms. The first-order valence-corrected chi connectivity index (χ1v) is 5.52. The Balaban J connectivity index is 2.12. The minimum atomic E-state index is 0.698. The van der Waals surface area contributed by atoms with Crippen LogP contribution in [0.2, 0.25) is 0 Å². The molecule has 0 unspecified atom stereocenters. The van der Waals surface area contributed by atoms with Crippen molar-refractivity contribution in [1.29, 1.82) is 0 Å². The minimum Gasteiger partial charge on any atom is -0.467 e. The number of nitrogens with zero attached hydrogens (tertiary/aromatic N) is 2. The number of nitrogens with one attached hydrogen (secondary N) is 1. The zero-order valence-electron chi connectivity index (χ0n) is 9.95. The monoisotopic (exact) mass is 219 g/mol. The van der Waals surface area contributed by atoms with Crippen LogP contribution in [0.3, 0.4) is 0 Å². The molecule has 0 atom stereocenters. The van der Waals surface area contributed by atoms with Gasteiger partial charge in [0.05, 0.1) is 29.9 Å². The standard InChI is InChI=1S/C12H17N3O/c1-4-15-10(3)12(9(2)14-15)13-8-11-6-5-7-16-11/h5-7,13H,4,8H2,1-3H3. The molecule has 1 N–H and O–H groups in total. The van der Waals surface area contributed by atoms with E-state index in [9.17, 15) is 0 Å². The molecule has 4 nitrogen and oxygen atoms in total. The van der Waals surface area contributed by atoms with Gasteiger partial charge in [-0.05, 0) is 32.9 Å². The maximum Gasteiger partial charge on any atom is 0.122 e. The van der Waals surface area contributed by atoms with Gasteiger partial charge in [0.1, 0.15) is 5.76 Å². The highest BCUT2D eigenvalue weighted by Gasteiger charge is 2.10. The van der Waals surface area contributed by atoms with Crippen molar-refractivity contribution in [3.05, 3.63) is 35.5 Å². The second-order valence-corrected chi connectivity index (χ2v) is 3.79. The largest absolute Gasteiger partial charge is 0.467 e. The summed E-state index contributed by atoms with van der Waals surface area (Å²) in [5.41, 5.74) is 3.32. The van der Waals surface area contributed by atoms with E-state index in [2.05, 4.69) is 24.3 Å². The van der Waals surface area contributed by atoms with Crippen LogP contribution in [0.25, 0.3) is 0 Å². The van der Waals surface area contributed by atoms with Gasteiger partial charge in [-0.25, -0.2) is 0 Å². The molecule has 4 heteroatoms. The number of rotatable bonds is 4. The molecule has 0 bridgehead atoms. The number of hydrogen-bond acceptors (Lipinski definition) is 3. The first-order chi connectivity index (χ1) is 7.72. The third-order valence-electron chi connectivity index (χ3n) is 2.70. The van der Waals surface area contributed by atoms with Crippen molar-refractivity contribution in [3.8, 4) is 0 Å². The molecule has 2 aromatic heterocycles. The van der Waals surface area contributed by atoms with E-state index in [1.54, 1.807) is 6.26 Å². The Hall–Kier alpha value is -1.71. The molecule has 0 spiro atoms. The van der Waals surface area contributed by atoms with Crippen molar-refractivity contribution in [1.82, 2.24) is 9.78 Å². The van der Waals surface area contributed by atoms with Crippen LogP contribution in [-0.2, 0) is 13.1 Å². The molecule has 2 aromatic rings. The first kappa shape index (κ1) is 10.8. The Morgan fingerprint density at radius 2 is 2.25 bits per heavy atom. The summed E-state index contributed by atoms with van der Waals surface area (Å²) in [6, 6.07) is 3.86. The Morgan fingerprint density at radius 1 is 1.44 bits per heavy atom. The zero-order chi connectivity index (χ0) is 11.5. The lowest BCUT2D eigenvalue weighted by Gasteiger charge is -2.05. The summed E-state index contributed by atoms with van der Waals surface area (Å²) in [4.78, 5) is 0. The molecule has 0 radical (unpaired) electrons. The van der Waals surface area contributed by atoms with E-state index in [0.717, 1.165) is 23.7 Å². The van der Waals surface area contributed by atoms with Crippen molar-refractivity contribution < 1.29 is 4.42 Å². The SMILES string of the molecule is CCn1nc(C)c(NCc2ccco2)c1C. The van der Waals surface area contributed by atoms with Crippen LogP contribution in [0.4, 0.5) is 5.69 Å². The molecule has 2 rings (SSSR count). The third-order valence-corrected chi connectivity index (χ3v) is 2.70. The van der Waals surface area contributed by atoms with Crippen LogP contribution >= 0.6 is 0 Å². The van der Waals surface area contributed by atoms with Crippen molar-refractivity contribution in [2.75, 3.05) is 5.32 Å². The normalized spacial score (nSPS) is 10.7. The van der Waals surface area contributed by atoms with Crippen molar-refractivity contribution >= 4 is 5.69 Å². The molecule has 0 amide bonds. The van der Waals surface area contributed by atoms with Gasteiger partial charge in [0.25, 0.3) is 0 Å². The summed E-state index contributed by atoms with van der Waals surface area (Å²) in [5, 5.41) is 7.81. The van der Waals surface area contributed by atoms with Crippen LogP contribution in [0.5, 0.6) is 0 Å². The summed E-state index contributed by atoms with van der Waals surface area (Å²) in [5.74, 6) is 0.933. The van der Waals surface area contributed by atoms with Gasteiger partial charge in [0.2, 0.25) is 0 Å². The highest BCUT2D eigenvalue weighted by molar-refractivity contribution is 5.52. The average Bonchev–Trinajstić information content (AvgIpc) is 2.86. The maximum absolute atomic E-state index is 5.28. The van der Waals surface area contributed by atoms with Gasteiger partial charge in [-0.2, -0.15) is 5.10 Å². The Morgan fingerprint density at radius 3 is 2.81 bits per heavy atom. The average molecular weight is 219 g/mol. The van der Waals surface area contributed by atoms with E-state index in [4.69, 9.17) is 4.42 Å². The Kier molecular flexibility index (Phi) is 2.99. The minimum absolute atomic E-state index is 0.698. The van der Waals surface area contributed by atoms with E-state index in [-0.39, 0.29) is 0 Å². The van der Waals surface area contributed by atoms with E-state index >= 15 is 0 Å². The smallest absolute Gasteiger partial charge is 0.122 e. The first-order valence-electron chi connectivity index (χ1n) is 5.52. The molecule has 0 aromatic carbocycles. The number of furan rings is 1. The molecule has 0 aliphatic carbocycles. The maximum atomic E-state index is 5.28. The molecule has 0 aliphatic rings. The molecule has 0 fully saturated rings. The predicted molar refractivity (Wildman–Crippen MR) is 63.4 cm³/mol. The Bertz CT molecular complexity index is 457. The van der Waals surface area contributed by atoms with Gasteiger partial charge in [0, 0.05) is 6.54 Å². The molecule has 2 heterocycles. The second-order valence-electron chi connectivity index (χ2n) is 3.79. The van der Waals surface area contributed by atoms with Gasteiger partial charge in [0.15, 0.2) is 0 Å². The topological polar surface area (TPSA) is 43.0 Å². The lowest BCUT2D eigenvalue weighted by molar-refractivity contribution is 0.518. The fourth-order valence-corrected chi connectivity index (χ4v) is 1.85. The highest BCUT2D eigenvalue weighted by Crippen LogP contribution is 2.20. The molecule has 0 aliphatic heterocycles. The number of aryl methyl sites for hydroxylation is 2. The van der Waals surface area contributed by atoms with Crippen molar-refractivity contribution in [3.63, 3.8) is 0 Å². The van der Waals surface area contributed by atoms with E-state index in [1.807, 2.05) is 23.7 Å². The molecule has 0 saturated carbocycles. The quantitative estimate of drug-likeness (QED) is 0.859. The number of anilines is 1. The fourth-order valence-electron chi connectivity index (χ4n) is 1.85.